The SMILES string of the molecule is CN/C=C(\C=N)c1cc2nccn2c(-c2cnn(C3(CC#N)CC4(CCOCC4)C3)c2)n1. The maximum atomic E-state index is 9.55. The number of nitrogens with zero attached hydrogens (tertiary/aromatic N) is 6. The summed E-state index contributed by atoms with van der Waals surface area (Å²) in [6.07, 6.45) is 14.9. The molecule has 0 radical (unpaired) electrons. The monoisotopic (exact) mass is 430 g/mol. The van der Waals surface area contributed by atoms with E-state index in [9.17, 15) is 5.26 Å². The summed E-state index contributed by atoms with van der Waals surface area (Å²) in [5, 5.41) is 25.0. The fraction of sp³-hybridized carbons (Fsp3) is 0.435. The van der Waals surface area contributed by atoms with Crippen molar-refractivity contribution in [2.75, 3.05) is 20.3 Å². The first-order valence-electron chi connectivity index (χ1n) is 10.8. The molecule has 9 nitrogen and oxygen atoms in total. The van der Waals surface area contributed by atoms with E-state index in [4.69, 9.17) is 20.2 Å². The molecule has 2 aliphatic rings. The number of nitriles is 1. The van der Waals surface area contributed by atoms with Crippen LogP contribution in [0.1, 0.15) is 37.8 Å². The smallest absolute Gasteiger partial charge is 0.149 e. The van der Waals surface area contributed by atoms with Crippen LogP contribution in [0.15, 0.2) is 37.1 Å². The van der Waals surface area contributed by atoms with Crippen LogP contribution in [0, 0.1) is 22.2 Å². The van der Waals surface area contributed by atoms with Gasteiger partial charge in [0, 0.05) is 62.9 Å². The summed E-state index contributed by atoms with van der Waals surface area (Å²) in [6, 6.07) is 4.25. The van der Waals surface area contributed by atoms with Crippen LogP contribution in [0.3, 0.4) is 0 Å². The van der Waals surface area contributed by atoms with Crippen molar-refractivity contribution in [2.24, 2.45) is 5.41 Å². The van der Waals surface area contributed by atoms with E-state index in [1.807, 2.05) is 33.7 Å². The molecule has 2 N–H and O–H groups in total. The van der Waals surface area contributed by atoms with Crippen molar-refractivity contribution in [3.63, 3.8) is 0 Å². The van der Waals surface area contributed by atoms with E-state index >= 15 is 0 Å². The van der Waals surface area contributed by atoms with Crippen LogP contribution >= 0.6 is 0 Å². The van der Waals surface area contributed by atoms with E-state index in [-0.39, 0.29) is 11.0 Å². The summed E-state index contributed by atoms with van der Waals surface area (Å²) in [5.74, 6) is 0.706. The van der Waals surface area contributed by atoms with Gasteiger partial charge in [-0.05, 0) is 31.1 Å². The Morgan fingerprint density at radius 2 is 2.19 bits per heavy atom. The standard InChI is InChI=1S/C23H26N8O/c1-26-12-17(11-25)19-10-20-27-6-7-30(20)21(29-19)18-13-28-31(14-18)23(2-5-24)15-22(16-23)3-8-32-9-4-22/h6-7,10-14,25-26H,2-4,8-9,15-16H2,1H3/b17-12+,25-11?. The molecule has 1 saturated carbocycles. The van der Waals surface area contributed by atoms with Gasteiger partial charge in [0.1, 0.15) is 11.5 Å². The fourth-order valence-electron chi connectivity index (χ4n) is 5.34. The first-order valence-corrected chi connectivity index (χ1v) is 10.8. The summed E-state index contributed by atoms with van der Waals surface area (Å²) in [5.41, 5.74) is 2.92. The first kappa shape index (κ1) is 20.4. The van der Waals surface area contributed by atoms with Crippen LogP contribution in [-0.4, -0.2) is 50.6 Å². The largest absolute Gasteiger partial charge is 0.393 e. The second kappa shape index (κ2) is 7.88. The third kappa shape index (κ3) is 3.28. The Bertz CT molecular complexity index is 1220. The quantitative estimate of drug-likeness (QED) is 0.581. The van der Waals surface area contributed by atoms with Crippen molar-refractivity contribution in [1.29, 1.82) is 10.7 Å². The van der Waals surface area contributed by atoms with Gasteiger partial charge in [0.25, 0.3) is 0 Å². The van der Waals surface area contributed by atoms with Gasteiger partial charge >= 0.3 is 0 Å². The van der Waals surface area contributed by atoms with Crippen LogP contribution in [0.25, 0.3) is 22.6 Å². The molecule has 1 aliphatic carbocycles. The zero-order valence-corrected chi connectivity index (χ0v) is 18.1. The van der Waals surface area contributed by atoms with Crippen molar-refractivity contribution < 1.29 is 4.74 Å². The van der Waals surface area contributed by atoms with E-state index in [0.717, 1.165) is 50.1 Å². The van der Waals surface area contributed by atoms with Gasteiger partial charge in [-0.2, -0.15) is 10.4 Å². The van der Waals surface area contributed by atoms with E-state index in [0.29, 0.717) is 23.5 Å². The van der Waals surface area contributed by atoms with Gasteiger partial charge in [-0.25, -0.2) is 9.97 Å². The van der Waals surface area contributed by atoms with Crippen molar-refractivity contribution in [3.8, 4) is 17.5 Å². The highest BCUT2D eigenvalue weighted by Crippen LogP contribution is 2.59. The predicted molar refractivity (Wildman–Crippen MR) is 120 cm³/mol. The van der Waals surface area contributed by atoms with Gasteiger partial charge in [0.05, 0.1) is 35.5 Å². The lowest BCUT2D eigenvalue weighted by molar-refractivity contribution is -0.103. The number of ether oxygens (including phenoxy) is 1. The van der Waals surface area contributed by atoms with Crippen molar-refractivity contribution in [3.05, 3.63) is 42.7 Å². The average molecular weight is 431 g/mol. The Kier molecular flexibility index (Phi) is 5.02. The molecule has 0 atom stereocenters. The molecular formula is C23H26N8O. The summed E-state index contributed by atoms with van der Waals surface area (Å²) in [6.45, 7) is 1.61. The van der Waals surface area contributed by atoms with Crippen LogP contribution in [0.4, 0.5) is 0 Å². The fourth-order valence-corrected chi connectivity index (χ4v) is 5.34. The van der Waals surface area contributed by atoms with Crippen LogP contribution in [0.5, 0.6) is 0 Å². The number of allylic oxidation sites excluding steroid dienone is 1. The number of rotatable bonds is 6. The Labute approximate surface area is 186 Å². The number of nitrogens with one attached hydrogen (secondary N) is 2. The minimum atomic E-state index is -0.276. The lowest BCUT2D eigenvalue weighted by Gasteiger charge is -2.57. The summed E-state index contributed by atoms with van der Waals surface area (Å²) < 4.78 is 9.45. The topological polar surface area (TPSA) is 117 Å². The molecule has 3 aromatic heterocycles. The predicted octanol–water partition coefficient (Wildman–Crippen LogP) is 3.00. The number of aromatic nitrogens is 5. The highest BCUT2D eigenvalue weighted by atomic mass is 16.5. The van der Waals surface area contributed by atoms with Crippen LogP contribution in [-0.2, 0) is 10.3 Å². The Hall–Kier alpha value is -3.51. The summed E-state index contributed by atoms with van der Waals surface area (Å²) in [4.78, 5) is 9.26. The molecule has 1 aliphatic heterocycles. The highest BCUT2D eigenvalue weighted by Gasteiger charge is 2.56. The van der Waals surface area contributed by atoms with E-state index < -0.39 is 0 Å². The molecule has 0 bridgehead atoms. The molecule has 164 valence electrons. The number of hydrogen-bond acceptors (Lipinski definition) is 7. The molecule has 4 heterocycles. The zero-order valence-electron chi connectivity index (χ0n) is 18.1. The zero-order chi connectivity index (χ0) is 22.2. The van der Waals surface area contributed by atoms with Crippen LogP contribution in [0.2, 0.25) is 0 Å². The second-order valence-electron chi connectivity index (χ2n) is 8.85. The van der Waals surface area contributed by atoms with Crippen molar-refractivity contribution in [2.45, 2.75) is 37.6 Å². The number of hydrogen-bond donors (Lipinski definition) is 2. The average Bonchev–Trinajstić information content (AvgIpc) is 3.46. The molecule has 1 spiro atoms. The molecule has 9 heteroatoms. The lowest BCUT2D eigenvalue weighted by Crippen LogP contribution is -2.55. The lowest BCUT2D eigenvalue weighted by atomic mass is 9.53. The third-order valence-corrected chi connectivity index (χ3v) is 6.84. The van der Waals surface area contributed by atoms with Gasteiger partial charge < -0.3 is 15.5 Å². The molecule has 2 fully saturated rings. The molecular weight excluding hydrogens is 404 g/mol. The summed E-state index contributed by atoms with van der Waals surface area (Å²) in [7, 11) is 1.79. The van der Waals surface area contributed by atoms with Gasteiger partial charge in [-0.15, -0.1) is 0 Å². The number of fused-ring (bicyclic) bond motifs is 1. The molecule has 1 saturated heterocycles. The molecule has 0 unspecified atom stereocenters. The van der Waals surface area contributed by atoms with Gasteiger partial charge in [-0.3, -0.25) is 9.08 Å². The Morgan fingerprint density at radius 3 is 2.91 bits per heavy atom. The Morgan fingerprint density at radius 1 is 1.38 bits per heavy atom. The van der Waals surface area contributed by atoms with Gasteiger partial charge in [0.2, 0.25) is 0 Å². The van der Waals surface area contributed by atoms with E-state index in [1.165, 1.54) is 6.21 Å². The molecule has 0 amide bonds. The highest BCUT2D eigenvalue weighted by molar-refractivity contribution is 6.07. The minimum Gasteiger partial charge on any atom is -0.393 e. The maximum Gasteiger partial charge on any atom is 0.149 e. The van der Waals surface area contributed by atoms with Crippen molar-refractivity contribution in [1.82, 2.24) is 29.5 Å². The molecule has 5 rings (SSSR count). The molecule has 3 aromatic rings. The maximum absolute atomic E-state index is 9.55. The minimum absolute atomic E-state index is 0.272. The normalized spacial score (nSPS) is 19.4. The third-order valence-electron chi connectivity index (χ3n) is 6.84. The number of imidazole rings is 1. The summed E-state index contributed by atoms with van der Waals surface area (Å²) >= 11 is 0. The van der Waals surface area contributed by atoms with E-state index in [1.54, 1.807) is 19.4 Å². The van der Waals surface area contributed by atoms with E-state index in [2.05, 4.69) is 16.4 Å². The molecule has 32 heavy (non-hydrogen) atoms. The first-order chi connectivity index (χ1) is 15.6. The van der Waals surface area contributed by atoms with Crippen molar-refractivity contribution >= 4 is 17.4 Å². The molecule has 0 aromatic carbocycles. The van der Waals surface area contributed by atoms with Gasteiger partial charge in [0.15, 0.2) is 0 Å². The second-order valence-corrected chi connectivity index (χ2v) is 8.85. The Balaban J connectivity index is 1.53. The van der Waals surface area contributed by atoms with Crippen LogP contribution < -0.4 is 5.32 Å². The van der Waals surface area contributed by atoms with Gasteiger partial charge in [-0.1, -0.05) is 0 Å².